The Kier molecular flexibility index (Phi) is 7.10. The number of hydrogen-bond donors (Lipinski definition) is 1. The number of nitrogens with zero attached hydrogens (tertiary/aromatic N) is 1. The number of fused-ring (bicyclic) bond motifs is 1. The Balaban J connectivity index is 1.49. The molecule has 0 fully saturated rings. The van der Waals surface area contributed by atoms with Crippen molar-refractivity contribution in [1.82, 2.24) is 0 Å². The fourth-order valence-electron chi connectivity index (χ4n) is 3.65. The molecule has 1 aliphatic heterocycles. The van der Waals surface area contributed by atoms with Gasteiger partial charge >= 0.3 is 5.97 Å². The number of carbonyl (C=O) groups is 3. The maximum atomic E-state index is 13.2. The third-order valence-corrected chi connectivity index (χ3v) is 6.56. The van der Waals surface area contributed by atoms with Crippen molar-refractivity contribution >= 4 is 40.9 Å². The fraction of sp³-hybridized carbons (Fsp3) is 0.192. The number of carbonyl (C=O) groups excluding carboxylic acids is 3. The zero-order valence-corrected chi connectivity index (χ0v) is 19.0. The van der Waals surface area contributed by atoms with Crippen molar-refractivity contribution in [3.63, 3.8) is 0 Å². The highest BCUT2D eigenvalue weighted by molar-refractivity contribution is 7.99. The third-order valence-electron chi connectivity index (χ3n) is 5.24. The van der Waals surface area contributed by atoms with Crippen molar-refractivity contribution < 1.29 is 19.1 Å². The Morgan fingerprint density at radius 1 is 1.00 bits per heavy atom. The summed E-state index contributed by atoms with van der Waals surface area (Å²) in [5, 5.41) is 2.79. The van der Waals surface area contributed by atoms with E-state index in [2.05, 4.69) is 5.32 Å². The van der Waals surface area contributed by atoms with E-state index in [0.717, 1.165) is 16.1 Å². The van der Waals surface area contributed by atoms with Crippen LogP contribution in [0.4, 0.5) is 11.4 Å². The van der Waals surface area contributed by atoms with Crippen LogP contribution in [0.5, 0.6) is 0 Å². The number of ether oxygens (including phenoxy) is 1. The highest BCUT2D eigenvalue weighted by Crippen LogP contribution is 2.45. The lowest BCUT2D eigenvalue weighted by molar-refractivity contribution is -0.121. The fourth-order valence-corrected chi connectivity index (χ4v) is 4.93. The molecule has 0 spiro atoms. The van der Waals surface area contributed by atoms with Gasteiger partial charge in [-0.3, -0.25) is 9.59 Å². The number of rotatable bonds is 6. The van der Waals surface area contributed by atoms with Crippen LogP contribution in [0, 0.1) is 0 Å². The van der Waals surface area contributed by atoms with Gasteiger partial charge in [0.15, 0.2) is 0 Å². The molecule has 0 unspecified atom stereocenters. The average molecular weight is 461 g/mol. The largest absolute Gasteiger partial charge is 0.462 e. The molecule has 0 saturated heterocycles. The minimum Gasteiger partial charge on any atom is -0.462 e. The van der Waals surface area contributed by atoms with Gasteiger partial charge in [-0.15, -0.1) is 11.8 Å². The maximum Gasteiger partial charge on any atom is 0.338 e. The molecule has 1 N–H and O–H groups in total. The second-order valence-corrected chi connectivity index (χ2v) is 8.76. The van der Waals surface area contributed by atoms with Crippen LogP contribution >= 0.6 is 11.8 Å². The van der Waals surface area contributed by atoms with Gasteiger partial charge in [0.25, 0.3) is 0 Å². The molecule has 168 valence electrons. The molecule has 6 nitrogen and oxygen atoms in total. The quantitative estimate of drug-likeness (QED) is 0.520. The van der Waals surface area contributed by atoms with Crippen molar-refractivity contribution in [2.45, 2.75) is 23.5 Å². The lowest BCUT2D eigenvalue weighted by Crippen LogP contribution is -2.38. The van der Waals surface area contributed by atoms with E-state index in [1.807, 2.05) is 54.6 Å². The van der Waals surface area contributed by atoms with E-state index < -0.39 is 5.97 Å². The summed E-state index contributed by atoms with van der Waals surface area (Å²) in [6, 6.07) is 24.1. The first-order chi connectivity index (χ1) is 16.0. The number of benzene rings is 3. The molecule has 0 bridgehead atoms. The van der Waals surface area contributed by atoms with Crippen molar-refractivity contribution in [1.29, 1.82) is 0 Å². The molecule has 33 heavy (non-hydrogen) atoms. The number of esters is 1. The van der Waals surface area contributed by atoms with Gasteiger partial charge in [0.1, 0.15) is 6.54 Å². The van der Waals surface area contributed by atoms with Crippen molar-refractivity contribution in [2.24, 2.45) is 0 Å². The van der Waals surface area contributed by atoms with E-state index in [0.29, 0.717) is 24.3 Å². The third kappa shape index (κ3) is 5.43. The Morgan fingerprint density at radius 2 is 1.70 bits per heavy atom. The van der Waals surface area contributed by atoms with Crippen LogP contribution in [0.3, 0.4) is 0 Å². The first kappa shape index (κ1) is 22.6. The number of para-hydroxylation sites is 1. The van der Waals surface area contributed by atoms with E-state index in [1.54, 1.807) is 47.9 Å². The molecule has 1 atom stereocenters. The first-order valence-corrected chi connectivity index (χ1v) is 11.6. The second kappa shape index (κ2) is 10.4. The summed E-state index contributed by atoms with van der Waals surface area (Å²) in [5.41, 5.74) is 2.77. The smallest absolute Gasteiger partial charge is 0.338 e. The molecule has 0 saturated carbocycles. The van der Waals surface area contributed by atoms with Gasteiger partial charge < -0.3 is 15.0 Å². The molecular formula is C26H24N2O4S. The molecule has 1 aliphatic rings. The van der Waals surface area contributed by atoms with Gasteiger partial charge in [0, 0.05) is 22.3 Å². The standard InChI is InChI=1S/C26H24N2O4S/c1-2-32-26(31)19-12-14-20(15-13-19)27-24(29)17-28-21-10-6-7-11-22(21)33-23(16-25(28)30)18-8-4-3-5-9-18/h3-15,23H,2,16-17H2,1H3,(H,27,29)/t23-/m1/s1. The predicted octanol–water partition coefficient (Wildman–Crippen LogP) is 5.07. The Hall–Kier alpha value is -3.58. The van der Waals surface area contributed by atoms with Crippen LogP contribution in [0.25, 0.3) is 0 Å². The van der Waals surface area contributed by atoms with Crippen molar-refractivity contribution in [3.8, 4) is 0 Å². The van der Waals surface area contributed by atoms with Crippen molar-refractivity contribution in [2.75, 3.05) is 23.4 Å². The summed E-state index contributed by atoms with van der Waals surface area (Å²) >= 11 is 1.64. The van der Waals surface area contributed by atoms with E-state index in [1.165, 1.54) is 0 Å². The summed E-state index contributed by atoms with van der Waals surface area (Å²) < 4.78 is 4.97. The summed E-state index contributed by atoms with van der Waals surface area (Å²) in [6.45, 7) is 1.94. The number of hydrogen-bond acceptors (Lipinski definition) is 5. The van der Waals surface area contributed by atoms with Gasteiger partial charge in [-0.2, -0.15) is 0 Å². The Morgan fingerprint density at radius 3 is 2.42 bits per heavy atom. The molecule has 0 aliphatic carbocycles. The molecule has 7 heteroatoms. The predicted molar refractivity (Wildman–Crippen MR) is 129 cm³/mol. The average Bonchev–Trinajstić information content (AvgIpc) is 2.97. The highest BCUT2D eigenvalue weighted by atomic mass is 32.2. The second-order valence-electron chi connectivity index (χ2n) is 7.51. The van der Waals surface area contributed by atoms with Crippen LogP contribution in [-0.4, -0.2) is 30.9 Å². The van der Waals surface area contributed by atoms with E-state index in [9.17, 15) is 14.4 Å². The molecule has 2 amide bonds. The van der Waals surface area contributed by atoms with Gasteiger partial charge in [-0.05, 0) is 48.9 Å². The summed E-state index contributed by atoms with van der Waals surface area (Å²) in [6.07, 6.45) is 0.297. The topological polar surface area (TPSA) is 75.7 Å². The normalized spacial score (nSPS) is 15.4. The molecule has 0 aromatic heterocycles. The van der Waals surface area contributed by atoms with E-state index in [-0.39, 0.29) is 23.6 Å². The summed E-state index contributed by atoms with van der Waals surface area (Å²) in [7, 11) is 0. The Labute approximate surface area is 196 Å². The minimum atomic E-state index is -0.410. The van der Waals surface area contributed by atoms with Gasteiger partial charge in [0.05, 0.1) is 17.9 Å². The van der Waals surface area contributed by atoms with Gasteiger partial charge in [-0.25, -0.2) is 4.79 Å². The molecule has 3 aromatic carbocycles. The number of nitrogens with one attached hydrogen (secondary N) is 1. The number of anilines is 2. The molecular weight excluding hydrogens is 436 g/mol. The summed E-state index contributed by atoms with van der Waals surface area (Å²) in [4.78, 5) is 40.3. The number of thioether (sulfide) groups is 1. The van der Waals surface area contributed by atoms with E-state index >= 15 is 0 Å². The van der Waals surface area contributed by atoms with Crippen LogP contribution in [0.1, 0.15) is 34.5 Å². The van der Waals surface area contributed by atoms with Gasteiger partial charge in [-0.1, -0.05) is 42.5 Å². The minimum absolute atomic E-state index is 0.0247. The van der Waals surface area contributed by atoms with Crippen LogP contribution in [-0.2, 0) is 14.3 Å². The SMILES string of the molecule is CCOC(=O)c1ccc(NC(=O)CN2C(=O)C[C@H](c3ccccc3)Sc3ccccc32)cc1. The molecule has 0 radical (unpaired) electrons. The summed E-state index contributed by atoms with van der Waals surface area (Å²) in [5.74, 6) is -0.827. The van der Waals surface area contributed by atoms with Gasteiger partial charge in [0.2, 0.25) is 11.8 Å². The monoisotopic (exact) mass is 460 g/mol. The first-order valence-electron chi connectivity index (χ1n) is 10.7. The zero-order chi connectivity index (χ0) is 23.2. The van der Waals surface area contributed by atoms with Crippen LogP contribution in [0.2, 0.25) is 0 Å². The molecule has 1 heterocycles. The lowest BCUT2D eigenvalue weighted by Gasteiger charge is -2.22. The van der Waals surface area contributed by atoms with Crippen LogP contribution in [0.15, 0.2) is 83.8 Å². The maximum absolute atomic E-state index is 13.2. The van der Waals surface area contributed by atoms with E-state index in [4.69, 9.17) is 4.74 Å². The zero-order valence-electron chi connectivity index (χ0n) is 18.2. The molecule has 3 aromatic rings. The van der Waals surface area contributed by atoms with Crippen LogP contribution < -0.4 is 10.2 Å². The Bertz CT molecular complexity index is 1150. The number of amides is 2. The van der Waals surface area contributed by atoms with Crippen molar-refractivity contribution in [3.05, 3.63) is 90.0 Å². The lowest BCUT2D eigenvalue weighted by atomic mass is 10.1. The molecule has 4 rings (SSSR count). The highest BCUT2D eigenvalue weighted by Gasteiger charge is 2.30.